The van der Waals surface area contributed by atoms with Crippen molar-refractivity contribution in [2.24, 2.45) is 0 Å². The second-order valence-electron chi connectivity index (χ2n) is 0. The van der Waals surface area contributed by atoms with Crippen LogP contribution in [-0.2, 0) is 0 Å². The number of hydrogen-bond acceptors (Lipinski definition) is 3. The zero-order valence-corrected chi connectivity index (χ0v) is 16.7. The van der Waals surface area contributed by atoms with Crippen LogP contribution in [0.4, 0.5) is 0 Å². The molecule has 0 aromatic heterocycles. The fourth-order valence-electron chi connectivity index (χ4n) is 0. The Morgan fingerprint density at radius 3 is 0.429 bits per heavy atom. The molecule has 0 rings (SSSR count). The second kappa shape index (κ2) is 41.5. The fraction of sp³-hybridized carbons (Fsp3) is 0. The van der Waals surface area contributed by atoms with Crippen LogP contribution in [0.1, 0.15) is 0 Å². The molecule has 0 unspecified atom stereocenters. The van der Waals surface area contributed by atoms with Crippen molar-refractivity contribution >= 4 is 24.4 Å². The standard InChI is InChI=1S/3K.3H2O.Sb/h;;;3*1H2;/q3*+1;;;;/p-3. The van der Waals surface area contributed by atoms with Crippen molar-refractivity contribution in [3.8, 4) is 0 Å². The molecule has 0 heterocycles. The molecule has 3 radical (unpaired) electrons. The third-order valence-corrected chi connectivity index (χ3v) is 0. The van der Waals surface area contributed by atoms with E-state index < -0.39 is 0 Å². The molecule has 0 bridgehead atoms. The van der Waals surface area contributed by atoms with E-state index >= 15 is 0 Å². The van der Waals surface area contributed by atoms with Gasteiger partial charge in [-0.1, -0.05) is 0 Å². The average molecular weight is 290 g/mol. The smallest absolute Gasteiger partial charge is 0.870 e. The van der Waals surface area contributed by atoms with Crippen LogP contribution in [0.2, 0.25) is 0 Å². The molecule has 7 heavy (non-hydrogen) atoms. The molecule has 0 spiro atoms. The molecule has 0 saturated carbocycles. The summed E-state index contributed by atoms with van der Waals surface area (Å²) in [5, 5.41) is 0. The summed E-state index contributed by atoms with van der Waals surface area (Å²) < 4.78 is 0. The van der Waals surface area contributed by atoms with Gasteiger partial charge in [-0.05, 0) is 0 Å². The first-order valence-electron chi connectivity index (χ1n) is 0. The normalized spacial score (nSPS) is 0. The molecule has 0 amide bonds. The van der Waals surface area contributed by atoms with Gasteiger partial charge in [0.25, 0.3) is 0 Å². The zero-order chi connectivity index (χ0) is 0. The van der Waals surface area contributed by atoms with Crippen LogP contribution in [0.25, 0.3) is 0 Å². The van der Waals surface area contributed by atoms with Crippen LogP contribution < -0.4 is 154 Å². The maximum Gasteiger partial charge on any atom is 1.00 e. The summed E-state index contributed by atoms with van der Waals surface area (Å²) in [4.78, 5) is 0. The molecule has 0 aliphatic carbocycles. The number of rotatable bonds is 0. The average Bonchev–Trinajstić information content (AvgIpc) is 0. The van der Waals surface area contributed by atoms with Gasteiger partial charge < -0.3 is 16.4 Å². The van der Waals surface area contributed by atoms with Crippen LogP contribution in [0.5, 0.6) is 0 Å². The summed E-state index contributed by atoms with van der Waals surface area (Å²) in [6.07, 6.45) is 0. The molecule has 7 heteroatoms. The van der Waals surface area contributed by atoms with E-state index in [9.17, 15) is 0 Å². The Morgan fingerprint density at radius 2 is 0.429 bits per heavy atom. The quantitative estimate of drug-likeness (QED) is 0.415. The van der Waals surface area contributed by atoms with Gasteiger partial charge in [0, 0.05) is 24.4 Å². The Bertz CT molecular complexity index is 10.1. The predicted molar refractivity (Wildman–Crippen MR) is 11.6 cm³/mol. The van der Waals surface area contributed by atoms with Gasteiger partial charge >= 0.3 is 154 Å². The molecule has 0 atom stereocenters. The van der Waals surface area contributed by atoms with Crippen molar-refractivity contribution in [1.29, 1.82) is 0 Å². The summed E-state index contributed by atoms with van der Waals surface area (Å²) in [5.74, 6) is 0. The first-order valence-corrected chi connectivity index (χ1v) is 0. The zero-order valence-electron chi connectivity index (χ0n) is 4.79. The van der Waals surface area contributed by atoms with Crippen LogP contribution in [-0.4, -0.2) is 40.9 Å². The molecule has 0 aromatic rings. The third kappa shape index (κ3) is 34.1. The van der Waals surface area contributed by atoms with Gasteiger partial charge in [0.05, 0.1) is 0 Å². The molecule has 0 aliphatic rings. The maximum absolute atomic E-state index is 0. The van der Waals surface area contributed by atoms with Crippen molar-refractivity contribution in [3.63, 3.8) is 0 Å². The molecular formula is H3K3O3Sb. The molecular weight excluding hydrogens is 287 g/mol. The van der Waals surface area contributed by atoms with Gasteiger partial charge in [0.2, 0.25) is 0 Å². The van der Waals surface area contributed by atoms with Crippen molar-refractivity contribution < 1.29 is 171 Å². The van der Waals surface area contributed by atoms with Crippen molar-refractivity contribution in [3.05, 3.63) is 0 Å². The van der Waals surface area contributed by atoms with E-state index in [0.29, 0.717) is 0 Å². The van der Waals surface area contributed by atoms with Crippen LogP contribution in [0.3, 0.4) is 0 Å². The minimum absolute atomic E-state index is 0. The SMILES string of the molecule is [K+].[K+].[K+].[OH-].[OH-].[OH-].[Sb]. The minimum atomic E-state index is 0. The third-order valence-electron chi connectivity index (χ3n) is 0. The Morgan fingerprint density at radius 1 is 0.429 bits per heavy atom. The molecule has 29 valence electrons. The predicted octanol–water partition coefficient (Wildman–Crippen LogP) is -9.90. The summed E-state index contributed by atoms with van der Waals surface area (Å²) in [6, 6.07) is 0. The molecule has 0 aromatic carbocycles. The monoisotopic (exact) mass is 289 g/mol. The minimum Gasteiger partial charge on any atom is -0.870 e. The van der Waals surface area contributed by atoms with E-state index in [-0.39, 0.29) is 195 Å². The summed E-state index contributed by atoms with van der Waals surface area (Å²) >= 11 is 0. The van der Waals surface area contributed by atoms with Crippen LogP contribution in [0, 0.1) is 0 Å². The molecule has 0 aliphatic heterocycles. The fourth-order valence-corrected chi connectivity index (χ4v) is 0. The van der Waals surface area contributed by atoms with E-state index in [2.05, 4.69) is 0 Å². The first-order chi connectivity index (χ1) is 0. The van der Waals surface area contributed by atoms with Gasteiger partial charge in [0.1, 0.15) is 0 Å². The van der Waals surface area contributed by atoms with Gasteiger partial charge in [-0.25, -0.2) is 0 Å². The van der Waals surface area contributed by atoms with E-state index in [1.165, 1.54) is 0 Å². The Hall–Kier alpha value is 5.61. The molecule has 3 nitrogen and oxygen atoms in total. The summed E-state index contributed by atoms with van der Waals surface area (Å²) in [6.45, 7) is 0. The molecule has 0 fully saturated rings. The van der Waals surface area contributed by atoms with Gasteiger partial charge in [-0.3, -0.25) is 0 Å². The molecule has 0 saturated heterocycles. The molecule has 3 N–H and O–H groups in total. The first kappa shape index (κ1) is 54.0. The van der Waals surface area contributed by atoms with E-state index in [1.807, 2.05) is 0 Å². The van der Waals surface area contributed by atoms with Crippen molar-refractivity contribution in [2.75, 3.05) is 0 Å². The van der Waals surface area contributed by atoms with Gasteiger partial charge in [-0.2, -0.15) is 0 Å². The van der Waals surface area contributed by atoms with Crippen LogP contribution >= 0.6 is 0 Å². The van der Waals surface area contributed by atoms with Gasteiger partial charge in [0.15, 0.2) is 0 Å². The van der Waals surface area contributed by atoms with E-state index in [4.69, 9.17) is 0 Å². The Balaban J connectivity index is 0. The largest absolute Gasteiger partial charge is 1.00 e. The van der Waals surface area contributed by atoms with Crippen LogP contribution in [0.15, 0.2) is 0 Å². The topological polar surface area (TPSA) is 90.0 Å². The Kier molecular flexibility index (Phi) is 321. The van der Waals surface area contributed by atoms with Crippen molar-refractivity contribution in [1.82, 2.24) is 0 Å². The van der Waals surface area contributed by atoms with Gasteiger partial charge in [-0.15, -0.1) is 0 Å². The Labute approximate surface area is 188 Å². The summed E-state index contributed by atoms with van der Waals surface area (Å²) in [5.41, 5.74) is 0. The van der Waals surface area contributed by atoms with Crippen molar-refractivity contribution in [2.45, 2.75) is 0 Å². The maximum atomic E-state index is 0. The second-order valence-corrected chi connectivity index (χ2v) is 0. The van der Waals surface area contributed by atoms with E-state index in [1.54, 1.807) is 0 Å². The van der Waals surface area contributed by atoms with E-state index in [0.717, 1.165) is 0 Å². The summed E-state index contributed by atoms with van der Waals surface area (Å²) in [7, 11) is 0. The number of hydrogen-bond donors (Lipinski definition) is 0.